The van der Waals surface area contributed by atoms with Crippen LogP contribution in [0, 0.1) is 11.7 Å². The quantitative estimate of drug-likeness (QED) is 0.850. The smallest absolute Gasteiger partial charge is 0.241 e. The van der Waals surface area contributed by atoms with Crippen molar-refractivity contribution in [2.45, 2.75) is 23.2 Å². The second kappa shape index (κ2) is 4.88. The Morgan fingerprint density at radius 2 is 2.24 bits per heavy atom. The lowest BCUT2D eigenvalue weighted by atomic mass is 9.85. The van der Waals surface area contributed by atoms with Gasteiger partial charge in [0.25, 0.3) is 10.0 Å². The number of hydrogen-bond acceptors (Lipinski definition) is 3. The highest BCUT2D eigenvalue weighted by molar-refractivity contribution is 7.89. The standard InChI is InChI=1S/C10H12ClFN2O2S/c11-8-4-7(5-8)6-14-17(15,16)10-9(12)2-1-3-13-10/h1-3,7-8,14H,4-6H2. The molecular formula is C10H12ClFN2O2S. The zero-order valence-corrected chi connectivity index (χ0v) is 10.5. The molecule has 0 saturated heterocycles. The van der Waals surface area contributed by atoms with E-state index in [0.717, 1.165) is 18.9 Å². The van der Waals surface area contributed by atoms with Crippen molar-refractivity contribution in [1.82, 2.24) is 9.71 Å². The molecule has 1 aliphatic carbocycles. The Balaban J connectivity index is 2.02. The van der Waals surface area contributed by atoms with E-state index in [9.17, 15) is 12.8 Å². The summed E-state index contributed by atoms with van der Waals surface area (Å²) in [6.07, 6.45) is 2.82. The minimum Gasteiger partial charge on any atom is -0.241 e. The monoisotopic (exact) mass is 278 g/mol. The molecule has 1 heterocycles. The van der Waals surface area contributed by atoms with E-state index in [-0.39, 0.29) is 17.8 Å². The Hall–Kier alpha value is -0.720. The van der Waals surface area contributed by atoms with Crippen LogP contribution in [0.1, 0.15) is 12.8 Å². The first kappa shape index (κ1) is 12.7. The fraction of sp³-hybridized carbons (Fsp3) is 0.500. The molecule has 4 nitrogen and oxygen atoms in total. The number of aromatic nitrogens is 1. The van der Waals surface area contributed by atoms with E-state index in [1.165, 1.54) is 12.3 Å². The Labute approximate surface area is 104 Å². The van der Waals surface area contributed by atoms with E-state index in [1.54, 1.807) is 0 Å². The molecule has 1 N–H and O–H groups in total. The summed E-state index contributed by atoms with van der Waals surface area (Å²) < 4.78 is 39.1. The van der Waals surface area contributed by atoms with E-state index in [4.69, 9.17) is 11.6 Å². The number of nitrogens with one attached hydrogen (secondary N) is 1. The van der Waals surface area contributed by atoms with Crippen LogP contribution in [0.5, 0.6) is 0 Å². The van der Waals surface area contributed by atoms with Crippen molar-refractivity contribution in [3.05, 3.63) is 24.1 Å². The van der Waals surface area contributed by atoms with Gasteiger partial charge in [-0.25, -0.2) is 22.5 Å². The summed E-state index contributed by atoms with van der Waals surface area (Å²) in [5.74, 6) is -0.608. The molecule has 1 fully saturated rings. The van der Waals surface area contributed by atoms with Gasteiger partial charge in [-0.1, -0.05) is 0 Å². The maximum Gasteiger partial charge on any atom is 0.261 e. The molecule has 0 radical (unpaired) electrons. The lowest BCUT2D eigenvalue weighted by Crippen LogP contribution is -2.37. The Bertz CT molecular complexity index is 503. The second-order valence-electron chi connectivity index (χ2n) is 4.08. The first-order valence-electron chi connectivity index (χ1n) is 5.23. The van der Waals surface area contributed by atoms with Gasteiger partial charge in [-0.15, -0.1) is 11.6 Å². The predicted octanol–water partition coefficient (Wildman–Crippen LogP) is 1.52. The number of sulfonamides is 1. The molecule has 7 heteroatoms. The maximum absolute atomic E-state index is 13.3. The van der Waals surface area contributed by atoms with Crippen molar-refractivity contribution in [2.75, 3.05) is 6.54 Å². The average Bonchev–Trinajstić information content (AvgIpc) is 2.23. The minimum atomic E-state index is -3.86. The molecule has 2 rings (SSSR count). The number of rotatable bonds is 4. The third-order valence-electron chi connectivity index (χ3n) is 2.72. The largest absolute Gasteiger partial charge is 0.261 e. The fourth-order valence-electron chi connectivity index (χ4n) is 1.69. The number of hydrogen-bond donors (Lipinski definition) is 1. The number of halogens is 2. The van der Waals surface area contributed by atoms with Crippen molar-refractivity contribution in [3.8, 4) is 0 Å². The Kier molecular flexibility index (Phi) is 3.65. The molecule has 1 aliphatic rings. The van der Waals surface area contributed by atoms with Crippen molar-refractivity contribution < 1.29 is 12.8 Å². The zero-order chi connectivity index (χ0) is 12.5. The van der Waals surface area contributed by atoms with Gasteiger partial charge < -0.3 is 0 Å². The molecule has 0 bridgehead atoms. The van der Waals surface area contributed by atoms with Gasteiger partial charge in [0.2, 0.25) is 5.03 Å². The number of nitrogens with zero attached hydrogens (tertiary/aromatic N) is 1. The fourth-order valence-corrected chi connectivity index (χ4v) is 3.31. The topological polar surface area (TPSA) is 59.1 Å². The van der Waals surface area contributed by atoms with Gasteiger partial charge in [-0.3, -0.25) is 0 Å². The van der Waals surface area contributed by atoms with Crippen LogP contribution in [-0.4, -0.2) is 25.3 Å². The van der Waals surface area contributed by atoms with Crippen molar-refractivity contribution in [3.63, 3.8) is 0 Å². The molecule has 0 aliphatic heterocycles. The first-order chi connectivity index (χ1) is 7.99. The summed E-state index contributed by atoms with van der Waals surface area (Å²) in [7, 11) is -3.86. The van der Waals surface area contributed by atoms with Gasteiger partial charge in [0.1, 0.15) is 0 Å². The number of alkyl halides is 1. The molecule has 0 atom stereocenters. The summed E-state index contributed by atoms with van der Waals surface area (Å²) in [5, 5.41) is -0.419. The van der Waals surface area contributed by atoms with Gasteiger partial charge in [0.05, 0.1) is 0 Å². The molecule has 94 valence electrons. The molecule has 0 unspecified atom stereocenters. The SMILES string of the molecule is O=S(=O)(NCC1CC(Cl)C1)c1ncccc1F. The van der Waals surface area contributed by atoms with Crippen molar-refractivity contribution in [2.24, 2.45) is 5.92 Å². The van der Waals surface area contributed by atoms with E-state index >= 15 is 0 Å². The molecule has 0 aromatic carbocycles. The Morgan fingerprint density at radius 1 is 1.53 bits per heavy atom. The van der Waals surface area contributed by atoms with Crippen molar-refractivity contribution >= 4 is 21.6 Å². The van der Waals surface area contributed by atoms with Crippen LogP contribution < -0.4 is 4.72 Å². The first-order valence-corrected chi connectivity index (χ1v) is 7.15. The lowest BCUT2D eigenvalue weighted by molar-refractivity contribution is 0.323. The Morgan fingerprint density at radius 3 is 2.82 bits per heavy atom. The maximum atomic E-state index is 13.3. The highest BCUT2D eigenvalue weighted by Crippen LogP contribution is 2.31. The summed E-state index contributed by atoms with van der Waals surface area (Å²) >= 11 is 5.79. The molecular weight excluding hydrogens is 267 g/mol. The highest BCUT2D eigenvalue weighted by atomic mass is 35.5. The normalized spacial score (nSPS) is 24.4. The van der Waals surface area contributed by atoms with Gasteiger partial charge in [0, 0.05) is 18.1 Å². The van der Waals surface area contributed by atoms with Crippen LogP contribution >= 0.6 is 11.6 Å². The van der Waals surface area contributed by atoms with Crippen LogP contribution in [0.25, 0.3) is 0 Å². The van der Waals surface area contributed by atoms with Gasteiger partial charge in [-0.05, 0) is 30.9 Å². The highest BCUT2D eigenvalue weighted by Gasteiger charge is 2.29. The zero-order valence-electron chi connectivity index (χ0n) is 8.94. The molecule has 17 heavy (non-hydrogen) atoms. The van der Waals surface area contributed by atoms with Crippen LogP contribution in [-0.2, 0) is 10.0 Å². The lowest BCUT2D eigenvalue weighted by Gasteiger charge is -2.30. The minimum absolute atomic E-state index is 0.135. The van der Waals surface area contributed by atoms with Crippen LogP contribution in [0.15, 0.2) is 23.4 Å². The third-order valence-corrected chi connectivity index (χ3v) is 4.43. The molecule has 1 saturated carbocycles. The van der Waals surface area contributed by atoms with Gasteiger partial charge in [0.15, 0.2) is 5.82 Å². The van der Waals surface area contributed by atoms with Gasteiger partial charge in [-0.2, -0.15) is 0 Å². The van der Waals surface area contributed by atoms with Gasteiger partial charge >= 0.3 is 0 Å². The summed E-state index contributed by atoms with van der Waals surface area (Å²) in [6, 6.07) is 2.41. The van der Waals surface area contributed by atoms with E-state index in [0.29, 0.717) is 0 Å². The van der Waals surface area contributed by atoms with Crippen molar-refractivity contribution in [1.29, 1.82) is 0 Å². The summed E-state index contributed by atoms with van der Waals surface area (Å²) in [6.45, 7) is 0.279. The summed E-state index contributed by atoms with van der Waals surface area (Å²) in [4.78, 5) is 3.54. The predicted molar refractivity (Wildman–Crippen MR) is 61.7 cm³/mol. The van der Waals surface area contributed by atoms with Crippen LogP contribution in [0.2, 0.25) is 0 Å². The van der Waals surface area contributed by atoms with Crippen LogP contribution in [0.3, 0.4) is 0 Å². The summed E-state index contributed by atoms with van der Waals surface area (Å²) in [5.41, 5.74) is 0. The van der Waals surface area contributed by atoms with E-state index in [2.05, 4.69) is 9.71 Å². The third kappa shape index (κ3) is 2.94. The molecule has 0 amide bonds. The number of pyridine rings is 1. The van der Waals surface area contributed by atoms with E-state index < -0.39 is 20.9 Å². The molecule has 1 aromatic rings. The average molecular weight is 279 g/mol. The second-order valence-corrected chi connectivity index (χ2v) is 6.38. The molecule has 0 spiro atoms. The van der Waals surface area contributed by atoms with Crippen LogP contribution in [0.4, 0.5) is 4.39 Å². The van der Waals surface area contributed by atoms with E-state index in [1.807, 2.05) is 0 Å². The molecule has 1 aromatic heterocycles.